The average Bonchev–Trinajstić information content (AvgIpc) is 3.19. The Bertz CT molecular complexity index is 1050. The first-order valence-electron chi connectivity index (χ1n) is 12.2. The predicted octanol–water partition coefficient (Wildman–Crippen LogP) is 7.97. The number of carboxylic acids is 1. The number of carboxylic acid groups (broad SMARTS) is 1. The van der Waals surface area contributed by atoms with Crippen LogP contribution in [0, 0.1) is 5.41 Å². The van der Waals surface area contributed by atoms with Crippen molar-refractivity contribution in [1.29, 1.82) is 0 Å². The molecule has 0 aromatic heterocycles. The number of amides is 1. The number of aliphatic carboxylic acids is 1. The molecule has 5 heteroatoms. The highest BCUT2D eigenvalue weighted by atomic mass is 16.5. The number of rotatable bonds is 6. The molecule has 0 saturated heterocycles. The Morgan fingerprint density at radius 1 is 0.857 bits per heavy atom. The Balaban J connectivity index is 0.000000335. The molecule has 1 amide bonds. The highest BCUT2D eigenvalue weighted by molar-refractivity contribution is 5.85. The maximum atomic E-state index is 12.1. The molecule has 186 valence electrons. The number of para-hydroxylation sites is 1. The van der Waals surface area contributed by atoms with E-state index in [4.69, 9.17) is 9.84 Å². The van der Waals surface area contributed by atoms with E-state index in [0.29, 0.717) is 6.61 Å². The van der Waals surface area contributed by atoms with Crippen LogP contribution >= 0.6 is 0 Å². The second-order valence-electron chi connectivity index (χ2n) is 8.76. The largest absolute Gasteiger partial charge is 0.481 e. The molecule has 5 nitrogen and oxygen atoms in total. The summed E-state index contributed by atoms with van der Waals surface area (Å²) in [6.07, 6.45) is 1.25. The lowest BCUT2D eigenvalue weighted by atomic mass is 9.88. The third-order valence-electron chi connectivity index (χ3n) is 5.82. The van der Waals surface area contributed by atoms with Gasteiger partial charge in [0.1, 0.15) is 6.61 Å². The number of hydrogen-bond donors (Lipinski definition) is 2. The highest BCUT2D eigenvalue weighted by Gasteiger charge is 2.29. The lowest BCUT2D eigenvalue weighted by Crippen LogP contribution is -2.22. The van der Waals surface area contributed by atoms with Crippen molar-refractivity contribution in [2.24, 2.45) is 5.41 Å². The summed E-state index contributed by atoms with van der Waals surface area (Å²) in [5.41, 5.74) is 5.08. The van der Waals surface area contributed by atoms with Crippen LogP contribution in [0.5, 0.6) is 0 Å². The number of carbonyl (C=O) groups is 2. The Morgan fingerprint density at radius 3 is 1.80 bits per heavy atom. The van der Waals surface area contributed by atoms with Gasteiger partial charge in [0, 0.05) is 11.6 Å². The second kappa shape index (κ2) is 13.3. The van der Waals surface area contributed by atoms with E-state index in [2.05, 4.69) is 29.6 Å². The van der Waals surface area contributed by atoms with Crippen molar-refractivity contribution in [2.75, 3.05) is 11.9 Å². The van der Waals surface area contributed by atoms with E-state index in [1.807, 2.05) is 75.4 Å². The fourth-order valence-electron chi connectivity index (χ4n) is 4.01. The molecule has 0 saturated carbocycles. The van der Waals surface area contributed by atoms with Gasteiger partial charge in [0.2, 0.25) is 0 Å². The monoisotopic (exact) mass is 475 g/mol. The summed E-state index contributed by atoms with van der Waals surface area (Å²) < 4.78 is 5.49. The smallest absolute Gasteiger partial charge is 0.411 e. The van der Waals surface area contributed by atoms with Gasteiger partial charge in [0.05, 0.1) is 5.41 Å². The quantitative estimate of drug-likeness (QED) is 0.379. The summed E-state index contributed by atoms with van der Waals surface area (Å²) in [5.74, 6) is -0.622. The number of hydrogen-bond acceptors (Lipinski definition) is 3. The van der Waals surface area contributed by atoms with Crippen molar-refractivity contribution in [2.45, 2.75) is 53.4 Å². The molecule has 3 aromatic rings. The van der Waals surface area contributed by atoms with Crippen molar-refractivity contribution in [1.82, 2.24) is 0 Å². The lowest BCUT2D eigenvalue weighted by Gasteiger charge is -2.16. The van der Waals surface area contributed by atoms with Crippen molar-refractivity contribution in [3.05, 3.63) is 90.0 Å². The number of ether oxygens (including phenoxy) is 1. The predicted molar refractivity (Wildman–Crippen MR) is 143 cm³/mol. The van der Waals surface area contributed by atoms with E-state index in [-0.39, 0.29) is 5.92 Å². The lowest BCUT2D eigenvalue weighted by molar-refractivity contribution is -0.147. The number of fused-ring (bicyclic) bond motifs is 3. The van der Waals surface area contributed by atoms with Gasteiger partial charge in [-0.15, -0.1) is 0 Å². The first kappa shape index (κ1) is 27.6. The van der Waals surface area contributed by atoms with Crippen LogP contribution in [0.2, 0.25) is 0 Å². The Kier molecular flexibility index (Phi) is 10.5. The first-order valence-corrected chi connectivity index (χ1v) is 12.2. The Labute approximate surface area is 209 Å². The fourth-order valence-corrected chi connectivity index (χ4v) is 4.01. The fraction of sp³-hybridized carbons (Fsp3) is 0.333. The third kappa shape index (κ3) is 7.44. The minimum absolute atomic E-state index is 0.0823. The summed E-state index contributed by atoms with van der Waals surface area (Å²) in [7, 11) is 0. The molecule has 4 rings (SSSR count). The zero-order valence-corrected chi connectivity index (χ0v) is 21.4. The minimum Gasteiger partial charge on any atom is -0.481 e. The van der Waals surface area contributed by atoms with Gasteiger partial charge in [-0.25, -0.2) is 4.79 Å². The van der Waals surface area contributed by atoms with Crippen LogP contribution < -0.4 is 5.32 Å². The number of carbonyl (C=O) groups excluding carboxylic acids is 1. The van der Waals surface area contributed by atoms with Crippen LogP contribution in [-0.4, -0.2) is 23.8 Å². The van der Waals surface area contributed by atoms with E-state index in [1.54, 1.807) is 13.8 Å². The van der Waals surface area contributed by atoms with Crippen molar-refractivity contribution in [3.63, 3.8) is 0 Å². The summed E-state index contributed by atoms with van der Waals surface area (Å²) in [6.45, 7) is 9.81. The molecule has 0 atom stereocenters. The van der Waals surface area contributed by atoms with E-state index in [1.165, 1.54) is 22.3 Å². The van der Waals surface area contributed by atoms with Gasteiger partial charge in [0.15, 0.2) is 0 Å². The summed E-state index contributed by atoms with van der Waals surface area (Å²) >= 11 is 0. The van der Waals surface area contributed by atoms with Gasteiger partial charge in [0.25, 0.3) is 0 Å². The summed E-state index contributed by atoms with van der Waals surface area (Å²) in [5, 5.41) is 11.3. The zero-order valence-electron chi connectivity index (χ0n) is 21.4. The van der Waals surface area contributed by atoms with Crippen molar-refractivity contribution < 1.29 is 19.4 Å². The van der Waals surface area contributed by atoms with Crippen LogP contribution in [-0.2, 0) is 9.53 Å². The van der Waals surface area contributed by atoms with Crippen LogP contribution in [0.1, 0.15) is 64.5 Å². The van der Waals surface area contributed by atoms with Crippen LogP contribution in [0.3, 0.4) is 0 Å². The zero-order chi connectivity index (χ0) is 25.8. The first-order chi connectivity index (χ1) is 16.8. The maximum absolute atomic E-state index is 12.1. The average molecular weight is 476 g/mol. The standard InChI is InChI=1S/C21H17NO2.C7H14O2.C2H6/c23-21(22-15-8-2-1-3-9-15)24-14-20-18-12-6-4-10-16(18)17-11-5-7-13-19(17)20;1-4-5-7(2,3)6(8)9;1-2/h1-13,20H,14H2,(H,22,23);4-5H2,1-3H3,(H,8,9);1-2H3. The van der Waals surface area contributed by atoms with Gasteiger partial charge in [-0.05, 0) is 54.7 Å². The van der Waals surface area contributed by atoms with E-state index in [0.717, 1.165) is 18.5 Å². The highest BCUT2D eigenvalue weighted by Crippen LogP contribution is 2.44. The number of benzene rings is 3. The molecule has 0 fully saturated rings. The molecule has 0 spiro atoms. The van der Waals surface area contributed by atoms with Crippen LogP contribution in [0.4, 0.5) is 10.5 Å². The molecule has 1 aliphatic carbocycles. The molecule has 0 unspecified atom stereocenters. The molecular weight excluding hydrogens is 438 g/mol. The van der Waals surface area contributed by atoms with Crippen molar-refractivity contribution in [3.8, 4) is 11.1 Å². The number of anilines is 1. The molecule has 0 bridgehead atoms. The molecule has 2 N–H and O–H groups in total. The topological polar surface area (TPSA) is 75.6 Å². The van der Waals surface area contributed by atoms with Crippen LogP contribution in [0.25, 0.3) is 11.1 Å². The maximum Gasteiger partial charge on any atom is 0.411 e. The van der Waals surface area contributed by atoms with E-state index in [9.17, 15) is 9.59 Å². The Morgan fingerprint density at radius 2 is 1.34 bits per heavy atom. The Hall–Kier alpha value is -3.60. The SMILES string of the molecule is CC.CCCC(C)(C)C(=O)O.O=C(Nc1ccccc1)OCC1c2ccccc2-c2ccccc21. The van der Waals surface area contributed by atoms with E-state index < -0.39 is 17.5 Å². The number of nitrogens with one attached hydrogen (secondary N) is 1. The van der Waals surface area contributed by atoms with E-state index >= 15 is 0 Å². The summed E-state index contributed by atoms with van der Waals surface area (Å²) in [6, 6.07) is 25.9. The molecule has 1 aliphatic rings. The third-order valence-corrected chi connectivity index (χ3v) is 5.82. The van der Waals surface area contributed by atoms with Gasteiger partial charge in [-0.2, -0.15) is 0 Å². The van der Waals surface area contributed by atoms with Gasteiger partial charge in [-0.3, -0.25) is 10.1 Å². The molecule has 0 heterocycles. The molecule has 0 radical (unpaired) electrons. The van der Waals surface area contributed by atoms with Gasteiger partial charge in [-0.1, -0.05) is 93.9 Å². The summed E-state index contributed by atoms with van der Waals surface area (Å²) in [4.78, 5) is 22.5. The molecule has 35 heavy (non-hydrogen) atoms. The second-order valence-corrected chi connectivity index (χ2v) is 8.76. The minimum atomic E-state index is -0.704. The van der Waals surface area contributed by atoms with Crippen LogP contribution in [0.15, 0.2) is 78.9 Å². The molecule has 0 aliphatic heterocycles. The molecular formula is C30H37NO4. The van der Waals surface area contributed by atoms with Crippen molar-refractivity contribution >= 4 is 17.7 Å². The van der Waals surface area contributed by atoms with Gasteiger partial charge < -0.3 is 9.84 Å². The molecule has 3 aromatic carbocycles. The van der Waals surface area contributed by atoms with Gasteiger partial charge >= 0.3 is 12.1 Å². The normalized spacial score (nSPS) is 11.6.